The second-order valence-electron chi connectivity index (χ2n) is 11.8. The van der Waals surface area contributed by atoms with E-state index in [1.54, 1.807) is 44.2 Å². The number of hydrogen-bond donors (Lipinski definition) is 0. The van der Waals surface area contributed by atoms with Crippen LogP contribution in [0.25, 0.3) is 5.57 Å². The van der Waals surface area contributed by atoms with Crippen LogP contribution in [-0.2, 0) is 42.9 Å². The lowest BCUT2D eigenvalue weighted by molar-refractivity contribution is -0.138. The molecule has 52 heavy (non-hydrogen) atoms. The van der Waals surface area contributed by atoms with Crippen LogP contribution >= 0.6 is 35.3 Å². The number of carbonyl (C=O) groups excluding carboxylic acids is 7. The van der Waals surface area contributed by atoms with Crippen molar-refractivity contribution in [3.63, 3.8) is 0 Å². The molecule has 6 rings (SSSR count). The lowest BCUT2D eigenvalue weighted by Crippen LogP contribution is -2.56. The van der Waals surface area contributed by atoms with Gasteiger partial charge in [-0.05, 0) is 32.0 Å². The second-order valence-corrected chi connectivity index (χ2v) is 15.6. The Balaban J connectivity index is 1.62. The molecule has 0 atom stereocenters. The summed E-state index contributed by atoms with van der Waals surface area (Å²) in [6.45, 7) is 2.70. The van der Waals surface area contributed by atoms with E-state index in [-0.39, 0.29) is 42.9 Å². The molecule has 3 amide bonds. The molecule has 0 aromatic heterocycles. The summed E-state index contributed by atoms with van der Waals surface area (Å²) in [5.41, 5.74) is -0.474. The summed E-state index contributed by atoms with van der Waals surface area (Å²) in [4.78, 5) is 97.4. The molecular weight excluding hydrogens is 737 g/mol. The minimum absolute atomic E-state index is 0.166. The number of imide groups is 1. The topological polar surface area (TPSA) is 172 Å². The lowest BCUT2D eigenvalue weighted by atomic mass is 9.83. The van der Waals surface area contributed by atoms with E-state index >= 15 is 0 Å². The quantitative estimate of drug-likeness (QED) is 0.226. The minimum atomic E-state index is -1.81. The van der Waals surface area contributed by atoms with Gasteiger partial charge < -0.3 is 23.7 Å². The predicted octanol–water partition coefficient (Wildman–Crippen LogP) is 3.91. The third-order valence-electron chi connectivity index (χ3n) is 8.76. The molecule has 0 bridgehead atoms. The van der Waals surface area contributed by atoms with Crippen LogP contribution in [0.1, 0.15) is 40.1 Å². The van der Waals surface area contributed by atoms with E-state index in [1.165, 1.54) is 24.1 Å². The van der Waals surface area contributed by atoms with Gasteiger partial charge in [0.15, 0.2) is 0 Å². The van der Waals surface area contributed by atoms with E-state index in [9.17, 15) is 33.6 Å². The average Bonchev–Trinajstić information content (AvgIpc) is 3.65. The molecule has 0 aliphatic carbocycles. The van der Waals surface area contributed by atoms with E-state index in [0.29, 0.717) is 16.0 Å². The summed E-state index contributed by atoms with van der Waals surface area (Å²) in [5, 5.41) is 0. The van der Waals surface area contributed by atoms with Crippen molar-refractivity contribution in [2.75, 3.05) is 47.0 Å². The third-order valence-corrected chi connectivity index (χ3v) is 13.4. The number of benzene rings is 2. The van der Waals surface area contributed by atoms with Crippen molar-refractivity contribution >= 4 is 88.1 Å². The van der Waals surface area contributed by atoms with Crippen molar-refractivity contribution in [2.24, 2.45) is 0 Å². The van der Waals surface area contributed by atoms with Crippen molar-refractivity contribution in [2.45, 2.75) is 23.5 Å². The Kier molecular flexibility index (Phi) is 9.56. The number of methoxy groups -OCH3 is 5. The van der Waals surface area contributed by atoms with Gasteiger partial charge in [0.2, 0.25) is 5.91 Å². The molecule has 4 heterocycles. The van der Waals surface area contributed by atoms with Gasteiger partial charge in [-0.25, -0.2) is 19.2 Å². The van der Waals surface area contributed by atoms with Gasteiger partial charge in [0.1, 0.15) is 31.1 Å². The minimum Gasteiger partial charge on any atom is -0.495 e. The molecular formula is C35H30N2O12S3. The van der Waals surface area contributed by atoms with Crippen LogP contribution in [0.5, 0.6) is 5.75 Å². The van der Waals surface area contributed by atoms with Gasteiger partial charge in [0.25, 0.3) is 11.8 Å². The van der Waals surface area contributed by atoms with Crippen LogP contribution in [-0.4, -0.2) is 98.2 Å². The van der Waals surface area contributed by atoms with E-state index in [4.69, 9.17) is 23.7 Å². The first-order valence-electron chi connectivity index (χ1n) is 15.3. The molecule has 0 saturated heterocycles. The number of esters is 4. The molecule has 0 unspecified atom stereocenters. The Labute approximate surface area is 309 Å². The number of amides is 3. The second kappa shape index (κ2) is 13.5. The zero-order valence-electron chi connectivity index (χ0n) is 28.8. The van der Waals surface area contributed by atoms with Gasteiger partial charge in [-0.3, -0.25) is 24.2 Å². The zero-order valence-corrected chi connectivity index (χ0v) is 31.2. The molecule has 270 valence electrons. The van der Waals surface area contributed by atoms with Crippen LogP contribution in [0.2, 0.25) is 0 Å². The van der Waals surface area contributed by atoms with E-state index in [1.807, 2.05) is 0 Å². The highest BCUT2D eigenvalue weighted by Gasteiger charge is 2.62. The Hall–Kier alpha value is -5.00. The van der Waals surface area contributed by atoms with Crippen LogP contribution in [0.15, 0.2) is 67.7 Å². The number of rotatable bonds is 7. The molecule has 2 aromatic carbocycles. The van der Waals surface area contributed by atoms with Gasteiger partial charge in [-0.1, -0.05) is 59.6 Å². The number of carbonyl (C=O) groups is 7. The highest BCUT2D eigenvalue weighted by molar-refractivity contribution is 8.26. The summed E-state index contributed by atoms with van der Waals surface area (Å²) in [5.74, 6) is -5.44. The maximum atomic E-state index is 14.7. The maximum absolute atomic E-state index is 14.7. The highest BCUT2D eigenvalue weighted by atomic mass is 32.2. The maximum Gasteiger partial charge on any atom is 0.345 e. The highest BCUT2D eigenvalue weighted by Crippen LogP contribution is 2.71. The molecule has 14 nitrogen and oxygen atoms in total. The number of anilines is 1. The monoisotopic (exact) mass is 766 g/mol. The summed E-state index contributed by atoms with van der Waals surface area (Å²) in [7, 11) is 5.89. The van der Waals surface area contributed by atoms with Crippen molar-refractivity contribution in [3.8, 4) is 5.75 Å². The van der Waals surface area contributed by atoms with Crippen LogP contribution < -0.4 is 9.64 Å². The number of fused-ring (bicyclic) bond motifs is 4. The molecule has 4 aliphatic rings. The number of thioether (sulfide) groups is 3. The molecule has 1 spiro atoms. The van der Waals surface area contributed by atoms with Gasteiger partial charge >= 0.3 is 23.9 Å². The fourth-order valence-electron chi connectivity index (χ4n) is 6.51. The first-order chi connectivity index (χ1) is 24.7. The number of hydrogen-bond acceptors (Lipinski definition) is 15. The standard InChI is InChI=1S/C35H30N2O12S3/c1-34(2)27-21(35(22(30(41)46-4)24(50-27)31(42)47-5)51-25(32(43)48-6)26(52-35)33(44)49-7)18-13-10-14-19(45-3)23(18)37(34)20(38)15-36-28(39)16-11-8-9-12-17(16)29(36)40/h8-14H,15H2,1-7H3. The summed E-state index contributed by atoms with van der Waals surface area (Å²) < 4.78 is 24.4. The van der Waals surface area contributed by atoms with Crippen LogP contribution in [0, 0.1) is 0 Å². The fourth-order valence-corrected chi connectivity index (χ4v) is 11.6. The largest absolute Gasteiger partial charge is 0.495 e. The Morgan fingerprint density at radius 2 is 1.17 bits per heavy atom. The molecule has 0 radical (unpaired) electrons. The SMILES string of the molecule is COC(=O)C1=C(C(=O)OC)SC2(S1)C(C(=O)OC)=C(C(=O)OC)SC1=C2c2cccc(OC)c2N(C(=O)CN2C(=O)c3ccccc3C2=O)C1(C)C. The van der Waals surface area contributed by atoms with Crippen molar-refractivity contribution in [3.05, 3.63) is 84.3 Å². The van der Waals surface area contributed by atoms with Gasteiger partial charge in [0.05, 0.1) is 63.5 Å². The first kappa shape index (κ1) is 36.8. The molecule has 4 aliphatic heterocycles. The zero-order chi connectivity index (χ0) is 37.9. The van der Waals surface area contributed by atoms with E-state index < -0.39 is 57.8 Å². The first-order valence-corrected chi connectivity index (χ1v) is 17.8. The lowest BCUT2D eigenvalue weighted by Gasteiger charge is -2.51. The number of ether oxygens (including phenoxy) is 5. The molecule has 0 fully saturated rings. The summed E-state index contributed by atoms with van der Waals surface area (Å²) in [6.07, 6.45) is 0. The Morgan fingerprint density at radius 3 is 1.67 bits per heavy atom. The van der Waals surface area contributed by atoms with Crippen molar-refractivity contribution in [1.82, 2.24) is 4.90 Å². The summed E-state index contributed by atoms with van der Waals surface area (Å²) >= 11 is 2.42. The van der Waals surface area contributed by atoms with Gasteiger partial charge in [0, 0.05) is 16.0 Å². The van der Waals surface area contributed by atoms with Crippen LogP contribution in [0.4, 0.5) is 5.69 Å². The van der Waals surface area contributed by atoms with Gasteiger partial charge in [-0.2, -0.15) is 0 Å². The average molecular weight is 767 g/mol. The predicted molar refractivity (Wildman–Crippen MR) is 191 cm³/mol. The smallest absolute Gasteiger partial charge is 0.345 e. The molecule has 0 N–H and O–H groups in total. The normalized spacial score (nSPS) is 18.2. The van der Waals surface area contributed by atoms with Gasteiger partial charge in [-0.15, -0.1) is 0 Å². The molecule has 17 heteroatoms. The Morgan fingerprint density at radius 1 is 0.673 bits per heavy atom. The molecule has 0 saturated carbocycles. The van der Waals surface area contributed by atoms with E-state index in [2.05, 4.69) is 0 Å². The number of nitrogens with zero attached hydrogens (tertiary/aromatic N) is 2. The van der Waals surface area contributed by atoms with Crippen molar-refractivity contribution < 1.29 is 57.2 Å². The fraction of sp³-hybridized carbons (Fsp3) is 0.286. The third kappa shape index (κ3) is 5.32. The summed E-state index contributed by atoms with van der Waals surface area (Å²) in [6, 6.07) is 11.2. The van der Waals surface area contributed by atoms with E-state index in [0.717, 1.165) is 68.6 Å². The van der Waals surface area contributed by atoms with Crippen LogP contribution in [0.3, 0.4) is 0 Å². The Bertz CT molecular complexity index is 2050. The van der Waals surface area contributed by atoms with Crippen molar-refractivity contribution in [1.29, 1.82) is 0 Å². The number of para-hydroxylation sites is 1. The molecule has 2 aromatic rings.